The molecule has 4 heterocycles. The van der Waals surface area contributed by atoms with E-state index in [4.69, 9.17) is 20.3 Å². The summed E-state index contributed by atoms with van der Waals surface area (Å²) in [6.45, 7) is 18.4. The van der Waals surface area contributed by atoms with Gasteiger partial charge in [-0.25, -0.2) is 25.4 Å². The summed E-state index contributed by atoms with van der Waals surface area (Å²) >= 11 is 0. The number of nitrogens with one attached hydrogen (secondary N) is 1. The fourth-order valence-electron chi connectivity index (χ4n) is 9.54. The van der Waals surface area contributed by atoms with Crippen molar-refractivity contribution in [3.8, 4) is 11.5 Å². The minimum absolute atomic E-state index is 0.0433. The average Bonchev–Trinajstić information content (AvgIpc) is 3.49. The van der Waals surface area contributed by atoms with Crippen molar-refractivity contribution in [2.75, 3.05) is 124 Å². The van der Waals surface area contributed by atoms with Gasteiger partial charge in [0, 0.05) is 145 Å². The topological polar surface area (TPSA) is 224 Å². The number of nitrogens with two attached hydrogens (primary N) is 1. The van der Waals surface area contributed by atoms with E-state index in [1.54, 1.807) is 53.9 Å². The molecule has 0 spiro atoms. The Labute approximate surface area is 466 Å². The lowest BCUT2D eigenvalue weighted by Crippen LogP contribution is -2.46. The Morgan fingerprint density at radius 3 is 1.22 bits per heavy atom. The Morgan fingerprint density at radius 1 is 0.544 bits per heavy atom. The Kier molecular flexibility index (Phi) is 21.1. The number of aliphatic carboxylic acids is 1. The third kappa shape index (κ3) is 15.4. The smallest absolute Gasteiger partial charge is 0.304 e. The summed E-state index contributed by atoms with van der Waals surface area (Å²) in [6.07, 6.45) is 7.14. The van der Waals surface area contributed by atoms with E-state index in [2.05, 4.69) is 59.1 Å². The van der Waals surface area contributed by atoms with Crippen molar-refractivity contribution in [1.82, 2.24) is 18.6 Å². The number of carboxylic acids is 1. The summed E-state index contributed by atoms with van der Waals surface area (Å²) in [5.41, 5.74) is 16.0. The zero-order valence-electron chi connectivity index (χ0n) is 47.1. The van der Waals surface area contributed by atoms with Gasteiger partial charge >= 0.3 is 5.97 Å². The standard InChI is InChI=1S/C29H37N5O4S.C15H18N4.C14H21NO5S/c1-21-20-27(38-5)22(2)23(3)29(21)39(36,37)32(4)15-12-28(35)31-24-6-8-25(9-7-24)33-16-18-34(19-17-33)26-10-13-30-14-11-26;16-13-1-3-14(4-2-13)18-9-11-19(12-10-18)15-5-7-17-8-6-15;1-9-8-12(20-5)10(2)11(3)14(9)21(18,19)15(4)7-6-13(16)17/h6-11,13-14,20H,12,15-19H2,1-5H3,(H,31,35);1-8H,9-12,16H2;8H,6-7H2,1-5H3,(H,16,17). The first-order valence-electron chi connectivity index (χ1n) is 26.1. The van der Waals surface area contributed by atoms with Crippen molar-refractivity contribution in [1.29, 1.82) is 0 Å². The zero-order valence-corrected chi connectivity index (χ0v) is 48.7. The number of hydrogen-bond donors (Lipinski definition) is 3. The number of sulfonamides is 2. The van der Waals surface area contributed by atoms with E-state index in [-0.39, 0.29) is 41.6 Å². The molecular weight excluding hydrogens is 1040 g/mol. The molecule has 19 nitrogen and oxygen atoms in total. The normalized spacial score (nSPS) is 13.8. The van der Waals surface area contributed by atoms with Crippen molar-refractivity contribution >= 4 is 66.0 Å². The van der Waals surface area contributed by atoms with Crippen molar-refractivity contribution < 1.29 is 41.0 Å². The van der Waals surface area contributed by atoms with Crippen LogP contribution in [0.25, 0.3) is 0 Å². The maximum Gasteiger partial charge on any atom is 0.304 e. The molecule has 2 saturated heterocycles. The summed E-state index contributed by atoms with van der Waals surface area (Å²) < 4.78 is 64.8. The summed E-state index contributed by atoms with van der Waals surface area (Å²) in [5.74, 6) is 0.0212. The van der Waals surface area contributed by atoms with Gasteiger partial charge in [0.15, 0.2) is 0 Å². The first kappa shape index (κ1) is 60.8. The quantitative estimate of drug-likeness (QED) is 0.0744. The predicted octanol–water partition coefficient (Wildman–Crippen LogP) is 7.70. The Balaban J connectivity index is 0.000000211. The molecule has 2 aromatic heterocycles. The molecule has 6 aromatic rings. The predicted molar refractivity (Wildman–Crippen MR) is 314 cm³/mol. The summed E-state index contributed by atoms with van der Waals surface area (Å²) in [7, 11) is -1.50. The van der Waals surface area contributed by atoms with E-state index in [1.165, 1.54) is 42.6 Å². The van der Waals surface area contributed by atoms with Crippen LogP contribution in [0.15, 0.2) is 120 Å². The van der Waals surface area contributed by atoms with Crippen LogP contribution >= 0.6 is 0 Å². The van der Waals surface area contributed by atoms with Gasteiger partial charge in [-0.05, 0) is 160 Å². The van der Waals surface area contributed by atoms with E-state index < -0.39 is 26.0 Å². The number of hydrogen-bond acceptors (Lipinski definition) is 15. The lowest BCUT2D eigenvalue weighted by molar-refractivity contribution is -0.137. The molecule has 0 aliphatic carbocycles. The highest BCUT2D eigenvalue weighted by Gasteiger charge is 2.29. The number of methoxy groups -OCH3 is 2. The van der Waals surface area contributed by atoms with E-state index in [9.17, 15) is 26.4 Å². The van der Waals surface area contributed by atoms with Gasteiger partial charge in [0.1, 0.15) is 11.5 Å². The van der Waals surface area contributed by atoms with E-state index >= 15 is 0 Å². The lowest BCUT2D eigenvalue weighted by Gasteiger charge is -2.37. The van der Waals surface area contributed by atoms with Crippen LogP contribution in [0.3, 0.4) is 0 Å². The number of carbonyl (C=O) groups is 2. The van der Waals surface area contributed by atoms with Crippen molar-refractivity contribution in [2.24, 2.45) is 0 Å². The van der Waals surface area contributed by atoms with Gasteiger partial charge in [0.25, 0.3) is 0 Å². The largest absolute Gasteiger partial charge is 0.496 e. The maximum atomic E-state index is 13.3. The number of carboxylic acid groups (broad SMARTS) is 1. The molecule has 4 N–H and O–H groups in total. The van der Waals surface area contributed by atoms with Crippen molar-refractivity contribution in [3.63, 3.8) is 0 Å². The molecule has 0 saturated carbocycles. The second kappa shape index (κ2) is 27.4. The van der Waals surface area contributed by atoms with E-state index in [0.717, 1.165) is 79.2 Å². The molecule has 2 fully saturated rings. The number of piperazine rings is 2. The van der Waals surface area contributed by atoms with Gasteiger partial charge in [-0.15, -0.1) is 0 Å². The van der Waals surface area contributed by atoms with Crippen molar-refractivity contribution in [3.05, 3.63) is 143 Å². The molecule has 1 amide bonds. The van der Waals surface area contributed by atoms with Crippen LogP contribution < -0.4 is 40.1 Å². The van der Waals surface area contributed by atoms with Gasteiger partial charge in [-0.3, -0.25) is 19.6 Å². The molecule has 0 bridgehead atoms. The van der Waals surface area contributed by atoms with Gasteiger partial charge in [0.05, 0.1) is 30.4 Å². The van der Waals surface area contributed by atoms with Gasteiger partial charge in [-0.1, -0.05) is 0 Å². The number of amides is 1. The van der Waals surface area contributed by atoms with Crippen LogP contribution in [0.1, 0.15) is 46.2 Å². The number of aryl methyl sites for hydroxylation is 2. The van der Waals surface area contributed by atoms with E-state index in [0.29, 0.717) is 39.4 Å². The SMILES string of the molecule is COc1cc(C)c(S(=O)(=O)N(C)CCC(=O)Nc2ccc(N3CCN(c4ccncc4)CC3)cc2)c(C)c1C.COc1cc(C)c(S(=O)(=O)N(C)CCC(=O)O)c(C)c1C.Nc1ccc(N2CCN(c3ccncc3)CC2)cc1. The molecule has 0 atom stereocenters. The van der Waals surface area contributed by atoms with Gasteiger partial charge in [0.2, 0.25) is 26.0 Å². The molecule has 4 aromatic carbocycles. The number of pyridine rings is 2. The minimum Gasteiger partial charge on any atom is -0.496 e. The third-order valence-corrected chi connectivity index (χ3v) is 18.7. The first-order valence-corrected chi connectivity index (χ1v) is 28.9. The van der Waals surface area contributed by atoms with Gasteiger partial charge in [-0.2, -0.15) is 0 Å². The first-order chi connectivity index (χ1) is 37.6. The number of benzene rings is 4. The number of anilines is 6. The summed E-state index contributed by atoms with van der Waals surface area (Å²) in [6, 6.07) is 27.5. The number of rotatable bonds is 17. The van der Waals surface area contributed by atoms with Gasteiger partial charge < -0.3 is 45.2 Å². The molecule has 0 unspecified atom stereocenters. The van der Waals surface area contributed by atoms with Crippen LogP contribution in [-0.4, -0.2) is 146 Å². The zero-order chi connectivity index (χ0) is 57.6. The second-order valence-electron chi connectivity index (χ2n) is 19.5. The fraction of sp³-hybridized carbons (Fsp3) is 0.379. The Hall–Kier alpha value is -7.46. The van der Waals surface area contributed by atoms with Crippen LogP contribution in [0, 0.1) is 41.5 Å². The number of nitrogen functional groups attached to an aromatic ring is 1. The second-order valence-corrected chi connectivity index (χ2v) is 23.5. The lowest BCUT2D eigenvalue weighted by atomic mass is 10.1. The molecule has 424 valence electrons. The monoisotopic (exact) mass is 1120 g/mol. The molecule has 0 radical (unpaired) electrons. The average molecular weight is 1120 g/mol. The van der Waals surface area contributed by atoms with Crippen LogP contribution in [0.4, 0.5) is 34.1 Å². The fourth-order valence-corrected chi connectivity index (χ4v) is 12.8. The Bertz CT molecular complexity index is 3230. The van der Waals surface area contributed by atoms with E-state index in [1.807, 2.05) is 80.2 Å². The minimum atomic E-state index is -3.77. The molecular formula is C58H76N10O9S2. The number of ether oxygens (including phenoxy) is 2. The molecule has 8 rings (SSSR count). The van der Waals surface area contributed by atoms with Crippen LogP contribution in [-0.2, 0) is 29.6 Å². The molecule has 2 aliphatic heterocycles. The summed E-state index contributed by atoms with van der Waals surface area (Å²) in [4.78, 5) is 41.3. The molecule has 2 aliphatic rings. The van der Waals surface area contributed by atoms with Crippen LogP contribution in [0.5, 0.6) is 11.5 Å². The third-order valence-electron chi connectivity index (χ3n) is 14.4. The van der Waals surface area contributed by atoms with Crippen molar-refractivity contribution in [2.45, 2.75) is 64.2 Å². The van der Waals surface area contributed by atoms with Crippen LogP contribution in [0.2, 0.25) is 0 Å². The highest BCUT2D eigenvalue weighted by molar-refractivity contribution is 7.89. The highest BCUT2D eigenvalue weighted by Crippen LogP contribution is 2.34. The Morgan fingerprint density at radius 2 is 0.873 bits per heavy atom. The summed E-state index contributed by atoms with van der Waals surface area (Å²) in [5, 5.41) is 11.6. The molecule has 21 heteroatoms. The number of nitrogens with zero attached hydrogens (tertiary/aromatic N) is 8. The highest BCUT2D eigenvalue weighted by atomic mass is 32.2. The number of carbonyl (C=O) groups excluding carboxylic acids is 1. The maximum absolute atomic E-state index is 13.3. The molecule has 79 heavy (non-hydrogen) atoms. The number of aromatic nitrogens is 2.